The molecule has 0 bridgehead atoms. The third-order valence-electron chi connectivity index (χ3n) is 3.97. The summed E-state index contributed by atoms with van der Waals surface area (Å²) in [5.41, 5.74) is 0.919. The first-order valence-electron chi connectivity index (χ1n) is 6.71. The van der Waals surface area contributed by atoms with E-state index in [9.17, 15) is 9.59 Å². The second-order valence-corrected chi connectivity index (χ2v) is 5.36. The van der Waals surface area contributed by atoms with Crippen LogP contribution in [0.25, 0.3) is 0 Å². The summed E-state index contributed by atoms with van der Waals surface area (Å²) in [7, 11) is 0. The molecule has 19 heavy (non-hydrogen) atoms. The molecule has 0 saturated heterocycles. The molecule has 0 aromatic carbocycles. The highest BCUT2D eigenvalue weighted by Gasteiger charge is 2.55. The molecule has 0 radical (unpaired) electrons. The van der Waals surface area contributed by atoms with E-state index in [1.807, 2.05) is 0 Å². The lowest BCUT2D eigenvalue weighted by molar-refractivity contribution is -0.147. The minimum Gasteiger partial charge on any atom is -0.459 e. The van der Waals surface area contributed by atoms with Gasteiger partial charge in [0, 0.05) is 11.1 Å². The van der Waals surface area contributed by atoms with Gasteiger partial charge in [-0.3, -0.25) is 0 Å². The summed E-state index contributed by atoms with van der Waals surface area (Å²) < 4.78 is 9.89. The fraction of sp³-hybridized carbons (Fsp3) is 0.600. The van der Waals surface area contributed by atoms with Gasteiger partial charge in [0.2, 0.25) is 0 Å². The SMILES string of the molecule is C=C(C)C(=O)OCCOC(=O)C(=C)C1C2CCCC21. The Labute approximate surface area is 113 Å². The van der Waals surface area contributed by atoms with Crippen LogP contribution >= 0.6 is 0 Å². The lowest BCUT2D eigenvalue weighted by Crippen LogP contribution is -2.16. The summed E-state index contributed by atoms with van der Waals surface area (Å²) in [5, 5.41) is 0. The summed E-state index contributed by atoms with van der Waals surface area (Å²) in [5.74, 6) is 0.819. The minimum absolute atomic E-state index is 0.0578. The van der Waals surface area contributed by atoms with Crippen LogP contribution in [-0.4, -0.2) is 25.2 Å². The van der Waals surface area contributed by atoms with Crippen LogP contribution in [0.3, 0.4) is 0 Å². The van der Waals surface area contributed by atoms with E-state index in [0.717, 1.165) is 0 Å². The van der Waals surface area contributed by atoms with Crippen molar-refractivity contribution < 1.29 is 19.1 Å². The van der Waals surface area contributed by atoms with Crippen LogP contribution < -0.4 is 0 Å². The normalized spacial score (nSPS) is 27.3. The van der Waals surface area contributed by atoms with Gasteiger partial charge in [-0.05, 0) is 37.5 Å². The number of rotatable bonds is 6. The standard InChI is InChI=1S/C15H20O4/c1-9(2)14(16)18-7-8-19-15(17)10(3)13-11-5-4-6-12(11)13/h11-13H,1,3-8H2,2H3. The Morgan fingerprint density at radius 1 is 1.05 bits per heavy atom. The molecule has 2 rings (SSSR count). The quantitative estimate of drug-likeness (QED) is 0.419. The van der Waals surface area contributed by atoms with Gasteiger partial charge in [-0.15, -0.1) is 0 Å². The highest BCUT2D eigenvalue weighted by Crippen LogP contribution is 2.60. The molecule has 2 saturated carbocycles. The zero-order chi connectivity index (χ0) is 14.0. The van der Waals surface area contributed by atoms with E-state index in [4.69, 9.17) is 9.47 Å². The molecule has 0 aliphatic heterocycles. The van der Waals surface area contributed by atoms with Crippen molar-refractivity contribution in [2.75, 3.05) is 13.2 Å². The highest BCUT2D eigenvalue weighted by molar-refractivity contribution is 5.89. The van der Waals surface area contributed by atoms with Gasteiger partial charge >= 0.3 is 11.9 Å². The van der Waals surface area contributed by atoms with Crippen LogP contribution in [-0.2, 0) is 19.1 Å². The van der Waals surface area contributed by atoms with E-state index in [0.29, 0.717) is 28.9 Å². The molecule has 2 aliphatic rings. The Bertz CT molecular complexity index is 414. The Hall–Kier alpha value is -1.58. The molecule has 0 aromatic heterocycles. The molecule has 0 aromatic rings. The van der Waals surface area contributed by atoms with Gasteiger partial charge in [-0.1, -0.05) is 19.6 Å². The third-order valence-corrected chi connectivity index (χ3v) is 3.97. The number of esters is 2. The first kappa shape index (κ1) is 13.8. The van der Waals surface area contributed by atoms with E-state index >= 15 is 0 Å². The summed E-state index contributed by atoms with van der Waals surface area (Å²) in [6.45, 7) is 9.01. The average Bonchev–Trinajstić information content (AvgIpc) is 2.85. The van der Waals surface area contributed by atoms with E-state index in [1.165, 1.54) is 19.3 Å². The van der Waals surface area contributed by atoms with Crippen LogP contribution in [0.4, 0.5) is 0 Å². The monoisotopic (exact) mass is 264 g/mol. The largest absolute Gasteiger partial charge is 0.459 e. The van der Waals surface area contributed by atoms with E-state index in [-0.39, 0.29) is 19.2 Å². The molecule has 2 atom stereocenters. The average molecular weight is 264 g/mol. The van der Waals surface area contributed by atoms with Crippen LogP contribution in [0.15, 0.2) is 24.3 Å². The van der Waals surface area contributed by atoms with Crippen molar-refractivity contribution in [3.63, 3.8) is 0 Å². The maximum atomic E-state index is 11.8. The van der Waals surface area contributed by atoms with Crippen LogP contribution in [0.1, 0.15) is 26.2 Å². The van der Waals surface area contributed by atoms with Gasteiger partial charge in [-0.2, -0.15) is 0 Å². The zero-order valence-electron chi connectivity index (χ0n) is 11.3. The summed E-state index contributed by atoms with van der Waals surface area (Å²) in [4.78, 5) is 22.8. The predicted molar refractivity (Wildman–Crippen MR) is 70.2 cm³/mol. The smallest absolute Gasteiger partial charge is 0.333 e. The molecule has 0 amide bonds. The molecular formula is C15H20O4. The van der Waals surface area contributed by atoms with Crippen molar-refractivity contribution in [3.8, 4) is 0 Å². The molecule has 0 spiro atoms. The molecule has 2 unspecified atom stereocenters. The maximum Gasteiger partial charge on any atom is 0.333 e. The molecule has 104 valence electrons. The highest BCUT2D eigenvalue weighted by atomic mass is 16.6. The molecule has 4 heteroatoms. The Kier molecular flexibility index (Phi) is 4.08. The van der Waals surface area contributed by atoms with Gasteiger partial charge in [0.1, 0.15) is 13.2 Å². The van der Waals surface area contributed by atoms with Gasteiger partial charge in [0.25, 0.3) is 0 Å². The molecule has 4 nitrogen and oxygen atoms in total. The van der Waals surface area contributed by atoms with Crippen LogP contribution in [0.5, 0.6) is 0 Å². The van der Waals surface area contributed by atoms with Gasteiger partial charge < -0.3 is 9.47 Å². The lowest BCUT2D eigenvalue weighted by atomic mass is 10.1. The molecular weight excluding hydrogens is 244 g/mol. The number of carbonyl (C=O) groups excluding carboxylic acids is 2. The number of hydrogen-bond acceptors (Lipinski definition) is 4. The third kappa shape index (κ3) is 3.06. The van der Waals surface area contributed by atoms with Crippen LogP contribution in [0.2, 0.25) is 0 Å². The van der Waals surface area contributed by atoms with Crippen molar-refractivity contribution in [3.05, 3.63) is 24.3 Å². The van der Waals surface area contributed by atoms with Crippen molar-refractivity contribution in [2.45, 2.75) is 26.2 Å². The van der Waals surface area contributed by atoms with Crippen molar-refractivity contribution >= 4 is 11.9 Å². The van der Waals surface area contributed by atoms with E-state index in [2.05, 4.69) is 13.2 Å². The summed E-state index contributed by atoms with van der Waals surface area (Å²) in [6.07, 6.45) is 3.68. The Morgan fingerprint density at radius 3 is 2.11 bits per heavy atom. The van der Waals surface area contributed by atoms with Gasteiger partial charge in [0.15, 0.2) is 0 Å². The van der Waals surface area contributed by atoms with Gasteiger partial charge in [-0.25, -0.2) is 9.59 Å². The molecule has 0 heterocycles. The van der Waals surface area contributed by atoms with Gasteiger partial charge in [0.05, 0.1) is 0 Å². The van der Waals surface area contributed by atoms with E-state index < -0.39 is 5.97 Å². The molecule has 0 N–H and O–H groups in total. The number of carbonyl (C=O) groups is 2. The second kappa shape index (κ2) is 5.59. The number of ether oxygens (including phenoxy) is 2. The maximum absolute atomic E-state index is 11.8. The van der Waals surface area contributed by atoms with E-state index in [1.54, 1.807) is 6.92 Å². The van der Waals surface area contributed by atoms with Crippen LogP contribution in [0, 0.1) is 17.8 Å². The fourth-order valence-corrected chi connectivity index (χ4v) is 2.96. The zero-order valence-corrected chi connectivity index (χ0v) is 11.3. The van der Waals surface area contributed by atoms with Crippen molar-refractivity contribution in [2.24, 2.45) is 17.8 Å². The predicted octanol–water partition coefficient (Wildman–Crippen LogP) is 2.25. The summed E-state index contributed by atoms with van der Waals surface area (Å²) >= 11 is 0. The number of fused-ring (bicyclic) bond motifs is 1. The molecule has 2 aliphatic carbocycles. The van der Waals surface area contributed by atoms with Crippen molar-refractivity contribution in [1.82, 2.24) is 0 Å². The fourth-order valence-electron chi connectivity index (χ4n) is 2.96. The second-order valence-electron chi connectivity index (χ2n) is 5.36. The number of hydrogen-bond donors (Lipinski definition) is 0. The summed E-state index contributed by atoms with van der Waals surface area (Å²) in [6, 6.07) is 0. The minimum atomic E-state index is -0.466. The Morgan fingerprint density at radius 2 is 1.58 bits per heavy atom. The van der Waals surface area contributed by atoms with Crippen molar-refractivity contribution in [1.29, 1.82) is 0 Å². The topological polar surface area (TPSA) is 52.6 Å². The Balaban J connectivity index is 1.64. The first-order valence-corrected chi connectivity index (χ1v) is 6.71. The molecule has 2 fully saturated rings. The lowest BCUT2D eigenvalue weighted by Gasteiger charge is -2.09. The first-order chi connectivity index (χ1) is 9.02.